The molecule has 0 aliphatic carbocycles. The zero-order valence-corrected chi connectivity index (χ0v) is 12.1. The molecule has 1 fully saturated rings. The van der Waals surface area contributed by atoms with Gasteiger partial charge in [0.1, 0.15) is 11.6 Å². The van der Waals surface area contributed by atoms with Crippen LogP contribution in [0.4, 0.5) is 0 Å². The molecule has 2 heterocycles. The molecule has 1 amide bonds. The Hall–Kier alpha value is -1.91. The fourth-order valence-electron chi connectivity index (χ4n) is 2.28. The highest BCUT2D eigenvalue weighted by Gasteiger charge is 2.37. The molecule has 1 aromatic heterocycles. The molecule has 1 aliphatic heterocycles. The lowest BCUT2D eigenvalue weighted by Gasteiger charge is -2.27. The molecule has 5 nitrogen and oxygen atoms in total. The van der Waals surface area contributed by atoms with Gasteiger partial charge in [-0.3, -0.25) is 9.78 Å². The van der Waals surface area contributed by atoms with Crippen molar-refractivity contribution in [3.05, 3.63) is 30.1 Å². The minimum Gasteiger partial charge on any atom is -0.458 e. The second-order valence-corrected chi connectivity index (χ2v) is 5.93. The lowest BCUT2D eigenvalue weighted by molar-refractivity contribution is -0.159. The molecular weight excluding hydrogens is 256 g/mol. The standard InChI is InChI=1S/C15H20N2O3/c1-15(2,3)20-14(19)12-5-4-10-17(12)13(18)11-6-8-16-9-7-11/h6-9,12H,4-5,10H2,1-3H3/t12-/m1/s1. The van der Waals surface area contributed by atoms with Crippen LogP contribution in [0.15, 0.2) is 24.5 Å². The van der Waals surface area contributed by atoms with Crippen molar-refractivity contribution in [1.29, 1.82) is 0 Å². The van der Waals surface area contributed by atoms with Gasteiger partial charge in [-0.15, -0.1) is 0 Å². The molecule has 0 radical (unpaired) electrons. The van der Waals surface area contributed by atoms with E-state index in [0.29, 0.717) is 18.5 Å². The first-order chi connectivity index (χ1) is 9.38. The van der Waals surface area contributed by atoms with E-state index in [1.54, 1.807) is 29.4 Å². The Balaban J connectivity index is 2.11. The minimum absolute atomic E-state index is 0.138. The van der Waals surface area contributed by atoms with Crippen molar-refractivity contribution in [3.63, 3.8) is 0 Å². The van der Waals surface area contributed by atoms with E-state index < -0.39 is 11.6 Å². The lowest BCUT2D eigenvalue weighted by atomic mass is 10.1. The first-order valence-corrected chi connectivity index (χ1v) is 6.82. The van der Waals surface area contributed by atoms with Crippen molar-refractivity contribution >= 4 is 11.9 Å². The largest absolute Gasteiger partial charge is 0.458 e. The van der Waals surface area contributed by atoms with Crippen LogP contribution in [0.5, 0.6) is 0 Å². The predicted molar refractivity (Wildman–Crippen MR) is 74.1 cm³/mol. The number of aromatic nitrogens is 1. The van der Waals surface area contributed by atoms with Gasteiger partial charge in [0.05, 0.1) is 0 Å². The van der Waals surface area contributed by atoms with E-state index in [2.05, 4.69) is 4.98 Å². The molecule has 5 heteroatoms. The summed E-state index contributed by atoms with van der Waals surface area (Å²) in [4.78, 5) is 30.1. The van der Waals surface area contributed by atoms with Crippen molar-refractivity contribution < 1.29 is 14.3 Å². The number of carbonyl (C=O) groups excluding carboxylic acids is 2. The van der Waals surface area contributed by atoms with Crippen LogP contribution in [0.3, 0.4) is 0 Å². The van der Waals surface area contributed by atoms with Gasteiger partial charge in [0.15, 0.2) is 0 Å². The van der Waals surface area contributed by atoms with Gasteiger partial charge in [0, 0.05) is 24.5 Å². The molecule has 0 aromatic carbocycles. The summed E-state index contributed by atoms with van der Waals surface area (Å²) in [5.41, 5.74) is 0.0147. The number of amides is 1. The first-order valence-electron chi connectivity index (χ1n) is 6.82. The number of hydrogen-bond donors (Lipinski definition) is 0. The average molecular weight is 276 g/mol. The van der Waals surface area contributed by atoms with Crippen LogP contribution < -0.4 is 0 Å². The number of rotatable bonds is 2. The topological polar surface area (TPSA) is 59.5 Å². The van der Waals surface area contributed by atoms with Crippen LogP contribution in [0.25, 0.3) is 0 Å². The van der Waals surface area contributed by atoms with Crippen LogP contribution in [0.2, 0.25) is 0 Å². The Labute approximate surface area is 118 Å². The van der Waals surface area contributed by atoms with Gasteiger partial charge in [-0.05, 0) is 45.7 Å². The van der Waals surface area contributed by atoms with Crippen molar-refractivity contribution in [2.75, 3.05) is 6.54 Å². The molecule has 0 N–H and O–H groups in total. The smallest absolute Gasteiger partial charge is 0.329 e. The Morgan fingerprint density at radius 3 is 2.55 bits per heavy atom. The number of ether oxygens (including phenoxy) is 1. The molecule has 1 saturated heterocycles. The molecule has 2 rings (SSSR count). The molecule has 20 heavy (non-hydrogen) atoms. The predicted octanol–water partition coefficient (Wildman–Crippen LogP) is 2.03. The molecule has 1 atom stereocenters. The summed E-state index contributed by atoms with van der Waals surface area (Å²) in [6.07, 6.45) is 4.63. The second-order valence-electron chi connectivity index (χ2n) is 5.93. The van der Waals surface area contributed by atoms with Crippen LogP contribution in [-0.2, 0) is 9.53 Å². The van der Waals surface area contributed by atoms with Gasteiger partial charge in [-0.25, -0.2) is 4.79 Å². The first kappa shape index (κ1) is 14.5. The van der Waals surface area contributed by atoms with E-state index >= 15 is 0 Å². The fraction of sp³-hybridized carbons (Fsp3) is 0.533. The monoisotopic (exact) mass is 276 g/mol. The van der Waals surface area contributed by atoms with E-state index in [4.69, 9.17) is 4.74 Å². The van der Waals surface area contributed by atoms with E-state index in [9.17, 15) is 9.59 Å². The summed E-state index contributed by atoms with van der Waals surface area (Å²) in [5.74, 6) is -0.460. The Morgan fingerprint density at radius 2 is 1.95 bits per heavy atom. The van der Waals surface area contributed by atoms with Gasteiger partial charge in [-0.1, -0.05) is 0 Å². The zero-order valence-electron chi connectivity index (χ0n) is 12.1. The normalized spacial score (nSPS) is 18.9. The lowest BCUT2D eigenvalue weighted by Crippen LogP contribution is -2.43. The van der Waals surface area contributed by atoms with Crippen LogP contribution in [-0.4, -0.2) is 39.9 Å². The van der Waals surface area contributed by atoms with Crippen molar-refractivity contribution in [2.24, 2.45) is 0 Å². The fourth-order valence-corrected chi connectivity index (χ4v) is 2.28. The summed E-state index contributed by atoms with van der Waals surface area (Å²) in [6.45, 7) is 6.07. The summed E-state index contributed by atoms with van der Waals surface area (Å²) in [6, 6.07) is 2.84. The highest BCUT2D eigenvalue weighted by Crippen LogP contribution is 2.23. The number of carbonyl (C=O) groups is 2. The second kappa shape index (κ2) is 5.61. The zero-order chi connectivity index (χ0) is 14.8. The van der Waals surface area contributed by atoms with E-state index in [-0.39, 0.29) is 11.9 Å². The molecular formula is C15H20N2O3. The molecule has 0 unspecified atom stereocenters. The van der Waals surface area contributed by atoms with Crippen LogP contribution >= 0.6 is 0 Å². The quantitative estimate of drug-likeness (QED) is 0.775. The summed E-state index contributed by atoms with van der Waals surface area (Å²) >= 11 is 0. The summed E-state index contributed by atoms with van der Waals surface area (Å²) in [5, 5.41) is 0. The van der Waals surface area contributed by atoms with Crippen molar-refractivity contribution in [3.8, 4) is 0 Å². The number of likely N-dealkylation sites (tertiary alicyclic amines) is 1. The van der Waals surface area contributed by atoms with E-state index in [1.807, 2.05) is 20.8 Å². The summed E-state index contributed by atoms with van der Waals surface area (Å²) < 4.78 is 5.39. The van der Waals surface area contributed by atoms with Crippen molar-refractivity contribution in [2.45, 2.75) is 45.3 Å². The molecule has 1 aliphatic rings. The molecule has 1 aromatic rings. The third-order valence-electron chi connectivity index (χ3n) is 3.12. The van der Waals surface area contributed by atoms with Crippen LogP contribution in [0, 0.1) is 0 Å². The molecule has 108 valence electrons. The minimum atomic E-state index is -0.537. The number of hydrogen-bond acceptors (Lipinski definition) is 4. The third kappa shape index (κ3) is 3.35. The molecule has 0 bridgehead atoms. The third-order valence-corrected chi connectivity index (χ3v) is 3.12. The Bertz CT molecular complexity index is 494. The average Bonchev–Trinajstić information content (AvgIpc) is 2.86. The van der Waals surface area contributed by atoms with E-state index in [0.717, 1.165) is 6.42 Å². The maximum absolute atomic E-state index is 12.4. The number of nitrogens with zero attached hydrogens (tertiary/aromatic N) is 2. The highest BCUT2D eigenvalue weighted by molar-refractivity contribution is 5.97. The van der Waals surface area contributed by atoms with Gasteiger partial charge >= 0.3 is 5.97 Å². The summed E-state index contributed by atoms with van der Waals surface area (Å²) in [7, 11) is 0. The number of pyridine rings is 1. The Morgan fingerprint density at radius 1 is 1.30 bits per heavy atom. The van der Waals surface area contributed by atoms with Gasteiger partial charge in [0.2, 0.25) is 0 Å². The molecule has 0 spiro atoms. The van der Waals surface area contributed by atoms with Crippen LogP contribution in [0.1, 0.15) is 44.0 Å². The highest BCUT2D eigenvalue weighted by atomic mass is 16.6. The number of esters is 1. The Kier molecular flexibility index (Phi) is 4.06. The van der Waals surface area contributed by atoms with Gasteiger partial charge < -0.3 is 9.64 Å². The van der Waals surface area contributed by atoms with E-state index in [1.165, 1.54) is 0 Å². The SMILES string of the molecule is CC(C)(C)OC(=O)[C@H]1CCCN1C(=O)c1ccncc1. The molecule has 0 saturated carbocycles. The maximum atomic E-state index is 12.4. The van der Waals surface area contributed by atoms with Gasteiger partial charge in [0.25, 0.3) is 5.91 Å². The maximum Gasteiger partial charge on any atom is 0.329 e. The van der Waals surface area contributed by atoms with Gasteiger partial charge in [-0.2, -0.15) is 0 Å². The van der Waals surface area contributed by atoms with Crippen molar-refractivity contribution in [1.82, 2.24) is 9.88 Å².